The van der Waals surface area contributed by atoms with Gasteiger partial charge in [-0.15, -0.1) is 0 Å². The highest BCUT2D eigenvalue weighted by Crippen LogP contribution is 2.24. The van der Waals surface area contributed by atoms with Gasteiger partial charge in [0.1, 0.15) is 0 Å². The highest BCUT2D eigenvalue weighted by atomic mass is 35.5. The van der Waals surface area contributed by atoms with Crippen LogP contribution >= 0.6 is 23.4 Å². The van der Waals surface area contributed by atoms with E-state index < -0.39 is 12.1 Å². The van der Waals surface area contributed by atoms with E-state index in [9.17, 15) is 14.7 Å². The van der Waals surface area contributed by atoms with Crippen molar-refractivity contribution in [3.63, 3.8) is 0 Å². The highest BCUT2D eigenvalue weighted by Gasteiger charge is 2.15. The van der Waals surface area contributed by atoms with E-state index in [1.165, 1.54) is 29.5 Å². The number of methoxy groups -OCH3 is 1. The summed E-state index contributed by atoms with van der Waals surface area (Å²) in [6, 6.07) is 12.1. The highest BCUT2D eigenvalue weighted by molar-refractivity contribution is 7.98. The molecule has 1 heterocycles. The van der Waals surface area contributed by atoms with Crippen LogP contribution in [-0.4, -0.2) is 33.8 Å². The van der Waals surface area contributed by atoms with Gasteiger partial charge in [0.15, 0.2) is 5.16 Å². The Bertz CT molecular complexity index is 1060. The number of halogens is 1. The fourth-order valence-corrected chi connectivity index (χ4v) is 3.80. The van der Waals surface area contributed by atoms with E-state index in [4.69, 9.17) is 16.3 Å². The lowest BCUT2D eigenvalue weighted by Gasteiger charge is -2.15. The summed E-state index contributed by atoms with van der Waals surface area (Å²) in [4.78, 5) is 29.3. The van der Waals surface area contributed by atoms with Crippen LogP contribution in [0.5, 0.6) is 0 Å². The van der Waals surface area contributed by atoms with E-state index in [1.807, 2.05) is 12.1 Å². The predicted molar refractivity (Wildman–Crippen MR) is 110 cm³/mol. The van der Waals surface area contributed by atoms with E-state index in [2.05, 4.69) is 4.98 Å². The molecule has 0 unspecified atom stereocenters. The largest absolute Gasteiger partial charge is 0.465 e. The maximum atomic E-state index is 13.0. The van der Waals surface area contributed by atoms with Crippen LogP contribution in [0, 0.1) is 0 Å². The topological polar surface area (TPSA) is 81.4 Å². The Labute approximate surface area is 171 Å². The van der Waals surface area contributed by atoms with Crippen LogP contribution in [0.15, 0.2) is 52.4 Å². The van der Waals surface area contributed by atoms with Gasteiger partial charge in [-0.1, -0.05) is 35.5 Å². The third-order valence-corrected chi connectivity index (χ3v) is 5.37. The minimum absolute atomic E-state index is 0.128. The monoisotopic (exact) mass is 418 g/mol. The Morgan fingerprint density at radius 3 is 2.64 bits per heavy atom. The molecule has 1 aromatic heterocycles. The van der Waals surface area contributed by atoms with Crippen LogP contribution in [-0.2, 0) is 17.0 Å². The number of fused-ring (bicyclic) bond motifs is 1. The van der Waals surface area contributed by atoms with Crippen LogP contribution in [0.2, 0.25) is 5.02 Å². The molecule has 0 saturated carbocycles. The average Bonchev–Trinajstić information content (AvgIpc) is 2.68. The quantitative estimate of drug-likeness (QED) is 0.375. The van der Waals surface area contributed by atoms with Gasteiger partial charge in [0, 0.05) is 10.8 Å². The van der Waals surface area contributed by atoms with Crippen molar-refractivity contribution in [2.45, 2.75) is 30.5 Å². The second-order valence-electron chi connectivity index (χ2n) is 6.30. The minimum atomic E-state index is -0.707. The minimum Gasteiger partial charge on any atom is -0.465 e. The summed E-state index contributed by atoms with van der Waals surface area (Å²) < 4.78 is 6.20. The molecule has 3 aromatic rings. The van der Waals surface area contributed by atoms with Gasteiger partial charge in [0.2, 0.25) is 0 Å². The van der Waals surface area contributed by atoms with Gasteiger partial charge in [-0.2, -0.15) is 0 Å². The maximum absolute atomic E-state index is 13.0. The van der Waals surface area contributed by atoms with Crippen LogP contribution in [0.4, 0.5) is 0 Å². The number of rotatable bonds is 6. The molecule has 28 heavy (non-hydrogen) atoms. The third kappa shape index (κ3) is 4.55. The third-order valence-electron chi connectivity index (χ3n) is 4.07. The van der Waals surface area contributed by atoms with Crippen molar-refractivity contribution in [1.29, 1.82) is 0 Å². The van der Waals surface area contributed by atoms with Gasteiger partial charge in [0.05, 0.1) is 36.2 Å². The van der Waals surface area contributed by atoms with Crippen molar-refractivity contribution in [2.75, 3.05) is 7.11 Å². The van der Waals surface area contributed by atoms with Gasteiger partial charge in [-0.25, -0.2) is 9.78 Å². The first-order valence-electron chi connectivity index (χ1n) is 8.57. The molecule has 2 aromatic carbocycles. The van der Waals surface area contributed by atoms with Crippen LogP contribution in [0.3, 0.4) is 0 Å². The van der Waals surface area contributed by atoms with Gasteiger partial charge < -0.3 is 9.84 Å². The number of carbonyl (C=O) groups is 1. The van der Waals surface area contributed by atoms with E-state index >= 15 is 0 Å². The van der Waals surface area contributed by atoms with Crippen LogP contribution in [0.25, 0.3) is 10.9 Å². The first kappa shape index (κ1) is 20.4. The summed E-state index contributed by atoms with van der Waals surface area (Å²) in [6.07, 6.45) is -0.707. The second kappa shape index (κ2) is 8.77. The molecular formula is C20H19ClN2O4S. The molecule has 0 spiro atoms. The number of thioether (sulfide) groups is 1. The molecule has 0 amide bonds. The van der Waals surface area contributed by atoms with Gasteiger partial charge >= 0.3 is 5.97 Å². The Morgan fingerprint density at radius 2 is 2.00 bits per heavy atom. The first-order chi connectivity index (χ1) is 13.4. The zero-order valence-corrected chi connectivity index (χ0v) is 17.0. The molecule has 1 atom stereocenters. The summed E-state index contributed by atoms with van der Waals surface area (Å²) in [5.41, 5.74) is 1.49. The van der Waals surface area contributed by atoms with Crippen LogP contribution < -0.4 is 5.56 Å². The molecule has 0 radical (unpaired) electrons. The first-order valence-corrected chi connectivity index (χ1v) is 9.93. The van der Waals surface area contributed by atoms with Crippen molar-refractivity contribution in [1.82, 2.24) is 9.55 Å². The number of carbonyl (C=O) groups excluding carboxylic acids is 1. The standard InChI is InChI=1S/C20H19ClN2O4S/c1-12(24)10-23-18(25)16-8-5-14(19(26)27-2)9-17(16)22-20(23)28-11-13-3-6-15(21)7-4-13/h3-9,12,24H,10-11H2,1-2H3/t12-/m1/s1. The van der Waals surface area contributed by atoms with Crippen molar-refractivity contribution in [3.8, 4) is 0 Å². The molecule has 0 bridgehead atoms. The fraction of sp³-hybridized carbons (Fsp3) is 0.250. The fourth-order valence-electron chi connectivity index (χ4n) is 2.71. The number of benzene rings is 2. The van der Waals surface area contributed by atoms with E-state index in [0.717, 1.165) is 5.56 Å². The summed E-state index contributed by atoms with van der Waals surface area (Å²) in [6.45, 7) is 1.74. The summed E-state index contributed by atoms with van der Waals surface area (Å²) in [5, 5.41) is 11.3. The molecule has 6 nitrogen and oxygen atoms in total. The smallest absolute Gasteiger partial charge is 0.337 e. The molecule has 146 valence electrons. The van der Waals surface area contributed by atoms with Crippen molar-refractivity contribution >= 4 is 40.2 Å². The lowest BCUT2D eigenvalue weighted by molar-refractivity contribution is 0.0601. The Hall–Kier alpha value is -2.35. The molecule has 0 aliphatic rings. The molecule has 0 fully saturated rings. The average molecular weight is 419 g/mol. The number of esters is 1. The number of aliphatic hydroxyl groups is 1. The lowest BCUT2D eigenvalue weighted by Crippen LogP contribution is -2.28. The Morgan fingerprint density at radius 1 is 1.29 bits per heavy atom. The number of aromatic nitrogens is 2. The van der Waals surface area contributed by atoms with E-state index in [-0.39, 0.29) is 12.1 Å². The van der Waals surface area contributed by atoms with Crippen LogP contribution in [0.1, 0.15) is 22.8 Å². The summed E-state index contributed by atoms with van der Waals surface area (Å²) in [7, 11) is 1.30. The normalized spacial score (nSPS) is 12.1. The molecule has 0 aliphatic heterocycles. The lowest BCUT2D eigenvalue weighted by atomic mass is 10.1. The number of hydrogen-bond acceptors (Lipinski definition) is 6. The number of aliphatic hydroxyl groups excluding tert-OH is 1. The number of nitrogens with zero attached hydrogens (tertiary/aromatic N) is 2. The summed E-state index contributed by atoms with van der Waals surface area (Å²) >= 11 is 7.30. The maximum Gasteiger partial charge on any atom is 0.337 e. The van der Waals surface area contributed by atoms with Gasteiger partial charge in [-0.05, 0) is 42.8 Å². The molecule has 0 saturated heterocycles. The van der Waals surface area contributed by atoms with Crippen molar-refractivity contribution in [2.24, 2.45) is 0 Å². The van der Waals surface area contributed by atoms with E-state index in [0.29, 0.717) is 32.4 Å². The van der Waals surface area contributed by atoms with E-state index in [1.54, 1.807) is 31.2 Å². The van der Waals surface area contributed by atoms with Gasteiger partial charge in [0.25, 0.3) is 5.56 Å². The molecule has 0 aliphatic carbocycles. The predicted octanol–water partition coefficient (Wildman–Crippen LogP) is 3.51. The molecular weight excluding hydrogens is 400 g/mol. The Kier molecular flexibility index (Phi) is 6.39. The SMILES string of the molecule is COC(=O)c1ccc2c(=O)n(C[C@@H](C)O)c(SCc3ccc(Cl)cc3)nc2c1. The summed E-state index contributed by atoms with van der Waals surface area (Å²) in [5.74, 6) is 0.0817. The molecule has 8 heteroatoms. The number of hydrogen-bond donors (Lipinski definition) is 1. The number of ether oxygens (including phenoxy) is 1. The second-order valence-corrected chi connectivity index (χ2v) is 7.68. The molecule has 1 N–H and O–H groups in total. The zero-order valence-electron chi connectivity index (χ0n) is 15.4. The van der Waals surface area contributed by atoms with Gasteiger partial charge in [-0.3, -0.25) is 9.36 Å². The molecule has 3 rings (SSSR count). The van der Waals surface area contributed by atoms with Crippen molar-refractivity contribution < 1.29 is 14.6 Å². The Balaban J connectivity index is 2.04. The zero-order chi connectivity index (χ0) is 20.3. The van der Waals surface area contributed by atoms with Crippen molar-refractivity contribution in [3.05, 3.63) is 69.0 Å².